The van der Waals surface area contributed by atoms with Crippen LogP contribution in [0.4, 0.5) is 5.69 Å². The number of benzene rings is 3. The van der Waals surface area contributed by atoms with Gasteiger partial charge in [0.15, 0.2) is 15.8 Å². The maximum absolute atomic E-state index is 13.0. The predicted molar refractivity (Wildman–Crippen MR) is 146 cm³/mol. The zero-order valence-electron chi connectivity index (χ0n) is 17.6. The van der Waals surface area contributed by atoms with Gasteiger partial charge in [0.05, 0.1) is 21.7 Å². The third kappa shape index (κ3) is 5.69. The topological polar surface area (TPSA) is 38.8 Å². The monoisotopic (exact) mass is 603 g/mol. The Morgan fingerprint density at radius 3 is 2.45 bits per heavy atom. The molecule has 1 saturated heterocycles. The van der Waals surface area contributed by atoms with E-state index in [1.807, 2.05) is 79.7 Å². The lowest BCUT2D eigenvalue weighted by Crippen LogP contribution is -2.27. The van der Waals surface area contributed by atoms with E-state index >= 15 is 0 Å². The summed E-state index contributed by atoms with van der Waals surface area (Å²) in [4.78, 5) is 15.2. The van der Waals surface area contributed by atoms with E-state index in [0.29, 0.717) is 33.9 Å². The lowest BCUT2D eigenvalue weighted by molar-refractivity contribution is -0.113. The molecule has 33 heavy (non-hydrogen) atoms. The Labute approximate surface area is 219 Å². The number of halogens is 2. The number of anilines is 1. The number of ether oxygens (including phenoxy) is 2. The summed E-state index contributed by atoms with van der Waals surface area (Å²) in [6, 6.07) is 21.2. The second-order valence-electron chi connectivity index (χ2n) is 7.03. The van der Waals surface area contributed by atoms with E-state index in [1.165, 1.54) is 11.8 Å². The molecule has 0 aliphatic carbocycles. The number of thiocarbonyl (C=S) groups is 1. The van der Waals surface area contributed by atoms with Gasteiger partial charge in [0, 0.05) is 4.47 Å². The quantitative estimate of drug-likeness (QED) is 0.205. The molecule has 168 valence electrons. The van der Waals surface area contributed by atoms with Crippen molar-refractivity contribution >= 4 is 77.8 Å². The van der Waals surface area contributed by atoms with E-state index < -0.39 is 0 Å². The molecule has 1 aliphatic heterocycles. The van der Waals surface area contributed by atoms with Crippen LogP contribution in [0.25, 0.3) is 6.08 Å². The average Bonchev–Trinajstić information content (AvgIpc) is 3.08. The SMILES string of the molecule is CCOc1cc(/C=C2/SC(=S)N(c3ccccc3)C2=O)cc(Br)c1OCc1ccc(Br)cc1. The van der Waals surface area contributed by atoms with Crippen LogP contribution in [0.1, 0.15) is 18.1 Å². The predicted octanol–water partition coefficient (Wildman–Crippen LogP) is 7.60. The first kappa shape index (κ1) is 24.0. The maximum atomic E-state index is 13.0. The minimum atomic E-state index is -0.138. The second-order valence-corrected chi connectivity index (χ2v) is 10.5. The molecule has 3 aromatic rings. The lowest BCUT2D eigenvalue weighted by Gasteiger charge is -2.15. The van der Waals surface area contributed by atoms with Gasteiger partial charge in [-0.05, 0) is 76.5 Å². The van der Waals surface area contributed by atoms with Crippen molar-refractivity contribution in [2.45, 2.75) is 13.5 Å². The van der Waals surface area contributed by atoms with Gasteiger partial charge < -0.3 is 9.47 Å². The number of rotatable bonds is 7. The second kappa shape index (κ2) is 10.9. The Kier molecular flexibility index (Phi) is 7.90. The third-order valence-corrected chi connectivity index (χ3v) is 7.15. The van der Waals surface area contributed by atoms with E-state index in [2.05, 4.69) is 31.9 Å². The fourth-order valence-electron chi connectivity index (χ4n) is 3.23. The molecule has 1 heterocycles. The molecule has 0 atom stereocenters. The summed E-state index contributed by atoms with van der Waals surface area (Å²) in [5.41, 5.74) is 2.62. The van der Waals surface area contributed by atoms with E-state index in [4.69, 9.17) is 21.7 Å². The highest BCUT2D eigenvalue weighted by Crippen LogP contribution is 2.40. The molecule has 1 amide bonds. The normalized spacial score (nSPS) is 14.8. The molecule has 0 bridgehead atoms. The third-order valence-electron chi connectivity index (χ3n) is 4.73. The van der Waals surface area contributed by atoms with E-state index in [0.717, 1.165) is 25.8 Å². The van der Waals surface area contributed by atoms with Gasteiger partial charge in [0.2, 0.25) is 0 Å². The highest BCUT2D eigenvalue weighted by molar-refractivity contribution is 9.10. The number of amides is 1. The van der Waals surface area contributed by atoms with Crippen molar-refractivity contribution in [2.24, 2.45) is 0 Å². The summed E-state index contributed by atoms with van der Waals surface area (Å²) >= 11 is 13.8. The zero-order chi connectivity index (χ0) is 23.4. The van der Waals surface area contributed by atoms with Crippen molar-refractivity contribution in [1.29, 1.82) is 0 Å². The number of hydrogen-bond donors (Lipinski definition) is 0. The fraction of sp³-hybridized carbons (Fsp3) is 0.120. The number of hydrogen-bond acceptors (Lipinski definition) is 5. The number of nitrogens with zero attached hydrogens (tertiary/aromatic N) is 1. The average molecular weight is 605 g/mol. The molecule has 1 fully saturated rings. The molecule has 3 aromatic carbocycles. The molecule has 0 N–H and O–H groups in total. The molecule has 0 radical (unpaired) electrons. The van der Waals surface area contributed by atoms with Crippen molar-refractivity contribution in [2.75, 3.05) is 11.5 Å². The van der Waals surface area contributed by atoms with Gasteiger partial charge in [0.25, 0.3) is 5.91 Å². The molecule has 0 spiro atoms. The fourth-order valence-corrected chi connectivity index (χ4v) is 5.37. The van der Waals surface area contributed by atoms with Crippen LogP contribution in [-0.4, -0.2) is 16.8 Å². The Morgan fingerprint density at radius 2 is 1.76 bits per heavy atom. The highest BCUT2D eigenvalue weighted by Gasteiger charge is 2.33. The van der Waals surface area contributed by atoms with Crippen LogP contribution in [0.5, 0.6) is 11.5 Å². The van der Waals surface area contributed by atoms with Crippen LogP contribution in [0.3, 0.4) is 0 Å². The van der Waals surface area contributed by atoms with Crippen molar-refractivity contribution in [3.8, 4) is 11.5 Å². The van der Waals surface area contributed by atoms with Gasteiger partial charge >= 0.3 is 0 Å². The minimum absolute atomic E-state index is 0.138. The summed E-state index contributed by atoms with van der Waals surface area (Å²) in [6.45, 7) is 2.81. The van der Waals surface area contributed by atoms with E-state index in [9.17, 15) is 4.79 Å². The Balaban J connectivity index is 1.59. The van der Waals surface area contributed by atoms with Crippen LogP contribution in [0.15, 0.2) is 80.6 Å². The summed E-state index contributed by atoms with van der Waals surface area (Å²) in [6.07, 6.45) is 1.83. The number of carbonyl (C=O) groups is 1. The molecule has 0 aromatic heterocycles. The van der Waals surface area contributed by atoms with Crippen molar-refractivity contribution in [1.82, 2.24) is 0 Å². The molecule has 0 unspecified atom stereocenters. The molecule has 0 saturated carbocycles. The van der Waals surface area contributed by atoms with Crippen molar-refractivity contribution in [3.63, 3.8) is 0 Å². The maximum Gasteiger partial charge on any atom is 0.270 e. The lowest BCUT2D eigenvalue weighted by atomic mass is 10.1. The number of thioether (sulfide) groups is 1. The number of carbonyl (C=O) groups excluding carboxylic acids is 1. The largest absolute Gasteiger partial charge is 0.490 e. The Hall–Kier alpha value is -2.13. The highest BCUT2D eigenvalue weighted by atomic mass is 79.9. The Bertz CT molecular complexity index is 1210. The summed E-state index contributed by atoms with van der Waals surface area (Å²) in [5.74, 6) is 1.09. The first-order chi connectivity index (χ1) is 16.0. The van der Waals surface area contributed by atoms with Gasteiger partial charge in [-0.25, -0.2) is 0 Å². The first-order valence-electron chi connectivity index (χ1n) is 10.1. The molecule has 4 nitrogen and oxygen atoms in total. The van der Waals surface area contributed by atoms with Crippen LogP contribution in [0.2, 0.25) is 0 Å². The van der Waals surface area contributed by atoms with Gasteiger partial charge in [-0.2, -0.15) is 0 Å². The molecular formula is C25H19Br2NO3S2. The summed E-state index contributed by atoms with van der Waals surface area (Å²) < 4.78 is 14.2. The molecule has 4 rings (SSSR count). The van der Waals surface area contributed by atoms with E-state index in [-0.39, 0.29) is 5.91 Å². The van der Waals surface area contributed by atoms with Gasteiger partial charge in [-0.3, -0.25) is 9.69 Å². The van der Waals surface area contributed by atoms with Crippen LogP contribution >= 0.6 is 55.8 Å². The van der Waals surface area contributed by atoms with Crippen LogP contribution in [0, 0.1) is 0 Å². The molecule has 1 aliphatic rings. The minimum Gasteiger partial charge on any atom is -0.490 e. The molecule has 8 heteroatoms. The van der Waals surface area contributed by atoms with Crippen LogP contribution < -0.4 is 14.4 Å². The van der Waals surface area contributed by atoms with Gasteiger partial charge in [-0.15, -0.1) is 0 Å². The summed E-state index contributed by atoms with van der Waals surface area (Å²) in [7, 11) is 0. The first-order valence-corrected chi connectivity index (χ1v) is 12.9. The van der Waals surface area contributed by atoms with Crippen molar-refractivity contribution in [3.05, 3.63) is 91.7 Å². The van der Waals surface area contributed by atoms with Crippen molar-refractivity contribution < 1.29 is 14.3 Å². The summed E-state index contributed by atoms with van der Waals surface area (Å²) in [5, 5.41) is 0. The Morgan fingerprint density at radius 1 is 1.03 bits per heavy atom. The van der Waals surface area contributed by atoms with Gasteiger partial charge in [-0.1, -0.05) is 70.2 Å². The van der Waals surface area contributed by atoms with E-state index in [1.54, 1.807) is 4.90 Å². The smallest absolute Gasteiger partial charge is 0.270 e. The number of para-hydroxylation sites is 1. The zero-order valence-corrected chi connectivity index (χ0v) is 22.4. The standard InChI is InChI=1S/C25H19Br2NO3S2/c1-2-30-21-13-17(12-20(27)23(21)31-15-16-8-10-18(26)11-9-16)14-22-24(29)28(25(32)33-22)19-6-4-3-5-7-19/h3-14H,2,15H2,1H3/b22-14+. The van der Waals surface area contributed by atoms with Gasteiger partial charge in [0.1, 0.15) is 6.61 Å². The van der Waals surface area contributed by atoms with Crippen LogP contribution in [-0.2, 0) is 11.4 Å². The molecular weight excluding hydrogens is 586 g/mol.